The largest absolute Gasteiger partial charge is 0.421 e. The number of carbonyl (C=O) groups excluding carboxylic acids is 1. The van der Waals surface area contributed by atoms with Gasteiger partial charge in [-0.2, -0.15) is 13.2 Å². The maximum absolute atomic E-state index is 13.1. The Morgan fingerprint density at radius 3 is 2.04 bits per heavy atom. The van der Waals surface area contributed by atoms with E-state index in [-0.39, 0.29) is 29.2 Å². The fourth-order valence-electron chi connectivity index (χ4n) is 3.93. The van der Waals surface area contributed by atoms with Gasteiger partial charge in [0, 0.05) is 24.8 Å². The van der Waals surface area contributed by atoms with Crippen LogP contribution in [0.2, 0.25) is 0 Å². The van der Waals surface area contributed by atoms with Gasteiger partial charge in [-0.3, -0.25) is 4.79 Å². The van der Waals surface area contributed by atoms with E-state index in [2.05, 4.69) is 6.92 Å². The van der Waals surface area contributed by atoms with E-state index < -0.39 is 11.8 Å². The first-order chi connectivity index (χ1) is 13.0. The summed E-state index contributed by atoms with van der Waals surface area (Å²) in [7, 11) is 1.71. The van der Waals surface area contributed by atoms with Crippen LogP contribution in [-0.4, -0.2) is 46.9 Å². The fraction of sp³-hybridized carbons (Fsp3) is 0.667. The van der Waals surface area contributed by atoms with E-state index in [9.17, 15) is 23.1 Å². The molecule has 0 aromatic heterocycles. The van der Waals surface area contributed by atoms with E-state index in [1.54, 1.807) is 7.11 Å². The number of rotatable bonds is 5. The van der Waals surface area contributed by atoms with Gasteiger partial charge in [-0.25, -0.2) is 0 Å². The van der Waals surface area contributed by atoms with Gasteiger partial charge in [-0.15, -0.1) is 0 Å². The molecule has 1 N–H and O–H groups in total. The molecule has 28 heavy (non-hydrogen) atoms. The molecule has 0 bridgehead atoms. The van der Waals surface area contributed by atoms with Crippen molar-refractivity contribution < 1.29 is 27.8 Å². The van der Waals surface area contributed by atoms with Crippen molar-refractivity contribution >= 4 is 5.91 Å². The number of benzene rings is 1. The average molecular weight is 399 g/mol. The molecule has 2 aliphatic carbocycles. The summed E-state index contributed by atoms with van der Waals surface area (Å²) in [5, 5.41) is 9.80. The van der Waals surface area contributed by atoms with Gasteiger partial charge < -0.3 is 14.7 Å². The maximum Gasteiger partial charge on any atom is 0.421 e. The normalized spacial score (nSPS) is 27.9. The van der Waals surface area contributed by atoms with Crippen molar-refractivity contribution in [1.29, 1.82) is 0 Å². The van der Waals surface area contributed by atoms with Crippen LogP contribution >= 0.6 is 0 Å². The molecule has 156 valence electrons. The summed E-state index contributed by atoms with van der Waals surface area (Å²) in [5.41, 5.74) is -3.02. The molecule has 0 saturated heterocycles. The lowest BCUT2D eigenvalue weighted by Gasteiger charge is -2.41. The van der Waals surface area contributed by atoms with Gasteiger partial charge in [0.1, 0.15) is 0 Å². The zero-order valence-electron chi connectivity index (χ0n) is 16.6. The third-order valence-corrected chi connectivity index (χ3v) is 6.32. The van der Waals surface area contributed by atoms with E-state index in [1.807, 2.05) is 4.90 Å². The molecule has 0 radical (unpaired) electrons. The predicted molar refractivity (Wildman–Crippen MR) is 98.9 cm³/mol. The number of aliphatic hydroxyl groups is 1. The minimum absolute atomic E-state index is 0.126. The number of alkyl halides is 3. The zero-order chi connectivity index (χ0) is 20.7. The molecule has 2 fully saturated rings. The van der Waals surface area contributed by atoms with Gasteiger partial charge in [0.05, 0.1) is 5.60 Å². The van der Waals surface area contributed by atoms with Crippen LogP contribution in [0, 0.1) is 0 Å². The first kappa shape index (κ1) is 21.1. The maximum atomic E-state index is 13.1. The van der Waals surface area contributed by atoms with E-state index >= 15 is 0 Å². The number of hydrogen-bond donors (Lipinski definition) is 1. The zero-order valence-corrected chi connectivity index (χ0v) is 16.6. The highest BCUT2D eigenvalue weighted by Crippen LogP contribution is 2.40. The quantitative estimate of drug-likeness (QED) is 0.798. The summed E-state index contributed by atoms with van der Waals surface area (Å²) in [6.45, 7) is 2.80. The summed E-state index contributed by atoms with van der Waals surface area (Å²) >= 11 is 0. The first-order valence-electron chi connectivity index (χ1n) is 9.76. The second kappa shape index (κ2) is 7.34. The van der Waals surface area contributed by atoms with Crippen LogP contribution in [0.5, 0.6) is 0 Å². The van der Waals surface area contributed by atoms with Crippen LogP contribution in [0.25, 0.3) is 0 Å². The molecular formula is C21H28F3NO3. The first-order valence-corrected chi connectivity index (χ1v) is 9.76. The lowest BCUT2D eigenvalue weighted by Crippen LogP contribution is -2.47. The van der Waals surface area contributed by atoms with Crippen LogP contribution in [-0.2, 0) is 10.3 Å². The van der Waals surface area contributed by atoms with Crippen molar-refractivity contribution in [2.24, 2.45) is 0 Å². The van der Waals surface area contributed by atoms with E-state index in [4.69, 9.17) is 4.74 Å². The van der Waals surface area contributed by atoms with Crippen molar-refractivity contribution in [3.05, 3.63) is 35.4 Å². The van der Waals surface area contributed by atoms with Crippen molar-refractivity contribution in [2.75, 3.05) is 7.11 Å². The number of hydrogen-bond acceptors (Lipinski definition) is 3. The van der Waals surface area contributed by atoms with Crippen LogP contribution < -0.4 is 0 Å². The predicted octanol–water partition coefficient (Wildman–Crippen LogP) is 4.41. The molecule has 0 aliphatic heterocycles. The standard InChI is InChI=1S/C21H28F3NO3/c1-19(28-3)12-10-17(11-13-19)25(16-8-9-16)18(26)14-4-6-15(7-5-14)20(2,27)21(22,23)24/h4-7,16-17,27H,8-13H2,1-3H3/t17-,19+,20-/m0/s1. The molecule has 1 atom stereocenters. The number of amides is 1. The van der Waals surface area contributed by atoms with Gasteiger partial charge in [0.15, 0.2) is 5.60 Å². The molecule has 0 spiro atoms. The summed E-state index contributed by atoms with van der Waals surface area (Å²) in [6.07, 6.45) is 0.598. The van der Waals surface area contributed by atoms with Crippen molar-refractivity contribution in [2.45, 2.75) is 81.8 Å². The van der Waals surface area contributed by atoms with Crippen molar-refractivity contribution in [1.82, 2.24) is 4.90 Å². The Balaban J connectivity index is 1.76. The van der Waals surface area contributed by atoms with E-state index in [0.717, 1.165) is 45.4 Å². The smallest absolute Gasteiger partial charge is 0.379 e. The number of nitrogens with zero attached hydrogens (tertiary/aromatic N) is 1. The lowest BCUT2D eigenvalue weighted by atomic mass is 9.82. The Kier molecular flexibility index (Phi) is 5.53. The Bertz CT molecular complexity index is 703. The van der Waals surface area contributed by atoms with Crippen LogP contribution in [0.4, 0.5) is 13.2 Å². The molecule has 3 rings (SSSR count). The molecule has 1 aromatic carbocycles. The Labute approximate surface area is 163 Å². The number of halogens is 3. The van der Waals surface area contributed by atoms with Gasteiger partial charge in [-0.05, 0) is 70.1 Å². The molecule has 2 saturated carbocycles. The highest BCUT2D eigenvalue weighted by Gasteiger charge is 2.51. The highest BCUT2D eigenvalue weighted by atomic mass is 19.4. The van der Waals surface area contributed by atoms with Gasteiger partial charge in [0.2, 0.25) is 0 Å². The molecule has 0 unspecified atom stereocenters. The average Bonchev–Trinajstić information content (AvgIpc) is 3.48. The Morgan fingerprint density at radius 2 is 1.61 bits per heavy atom. The van der Waals surface area contributed by atoms with Crippen molar-refractivity contribution in [3.8, 4) is 0 Å². The topological polar surface area (TPSA) is 49.8 Å². The van der Waals surface area contributed by atoms with Gasteiger partial charge >= 0.3 is 6.18 Å². The number of ether oxygens (including phenoxy) is 1. The third kappa shape index (κ3) is 4.06. The van der Waals surface area contributed by atoms with Gasteiger partial charge in [0.25, 0.3) is 5.91 Å². The molecule has 2 aliphatic rings. The monoisotopic (exact) mass is 399 g/mol. The minimum Gasteiger partial charge on any atom is -0.379 e. The van der Waals surface area contributed by atoms with Crippen LogP contribution in [0.3, 0.4) is 0 Å². The second-order valence-electron chi connectivity index (χ2n) is 8.48. The summed E-state index contributed by atoms with van der Waals surface area (Å²) in [5.74, 6) is -0.147. The molecule has 1 aromatic rings. The van der Waals surface area contributed by atoms with Gasteiger partial charge in [-0.1, -0.05) is 12.1 Å². The fourth-order valence-corrected chi connectivity index (χ4v) is 3.93. The van der Waals surface area contributed by atoms with E-state index in [0.29, 0.717) is 5.56 Å². The second-order valence-corrected chi connectivity index (χ2v) is 8.48. The highest BCUT2D eigenvalue weighted by molar-refractivity contribution is 5.95. The molecule has 1 amide bonds. The number of methoxy groups -OCH3 is 1. The van der Waals surface area contributed by atoms with Crippen LogP contribution in [0.15, 0.2) is 24.3 Å². The van der Waals surface area contributed by atoms with E-state index in [1.165, 1.54) is 24.3 Å². The molecular weight excluding hydrogens is 371 g/mol. The summed E-state index contributed by atoms with van der Waals surface area (Å²) in [6, 6.07) is 5.48. The number of carbonyl (C=O) groups is 1. The van der Waals surface area contributed by atoms with Crippen LogP contribution in [0.1, 0.15) is 68.3 Å². The molecule has 7 heteroatoms. The third-order valence-electron chi connectivity index (χ3n) is 6.32. The Hall–Kier alpha value is -1.60. The molecule has 0 heterocycles. The lowest BCUT2D eigenvalue weighted by molar-refractivity contribution is -0.258. The summed E-state index contributed by atoms with van der Waals surface area (Å²) < 4.78 is 44.6. The SMILES string of the molecule is CO[C@]1(C)CC[C@H](N(C(=O)c2ccc([C@](C)(O)C(F)(F)F)cc2)C2CC2)CC1. The summed E-state index contributed by atoms with van der Waals surface area (Å²) in [4.78, 5) is 15.0. The minimum atomic E-state index is -4.78. The Morgan fingerprint density at radius 1 is 1.11 bits per heavy atom. The molecule has 4 nitrogen and oxygen atoms in total. The van der Waals surface area contributed by atoms with Crippen molar-refractivity contribution in [3.63, 3.8) is 0 Å².